The van der Waals surface area contributed by atoms with Gasteiger partial charge in [0.05, 0.1) is 6.04 Å². The van der Waals surface area contributed by atoms with Crippen molar-refractivity contribution in [3.05, 3.63) is 95.0 Å². The molecule has 0 bridgehead atoms. The zero-order valence-corrected chi connectivity index (χ0v) is 18.8. The van der Waals surface area contributed by atoms with E-state index >= 15 is 0 Å². The third kappa shape index (κ3) is 4.09. The summed E-state index contributed by atoms with van der Waals surface area (Å²) in [6.45, 7) is 2.04. The molecule has 1 aliphatic heterocycles. The van der Waals surface area contributed by atoms with Gasteiger partial charge >= 0.3 is 0 Å². The second-order valence-corrected chi connectivity index (χ2v) is 9.11. The van der Waals surface area contributed by atoms with Crippen molar-refractivity contribution in [2.45, 2.75) is 23.4 Å². The molecule has 3 aromatic carbocycles. The van der Waals surface area contributed by atoms with Crippen molar-refractivity contribution in [3.63, 3.8) is 0 Å². The Balaban J connectivity index is 1.51. The Kier molecular flexibility index (Phi) is 5.59. The van der Waals surface area contributed by atoms with E-state index in [0.717, 1.165) is 16.7 Å². The van der Waals surface area contributed by atoms with Crippen molar-refractivity contribution >= 4 is 35.0 Å². The van der Waals surface area contributed by atoms with Gasteiger partial charge in [-0.15, -0.1) is 10.2 Å². The zero-order valence-electron chi connectivity index (χ0n) is 17.2. The number of amides is 1. The molecular weight excluding hydrogens is 442 g/mol. The molecule has 0 radical (unpaired) electrons. The number of aromatic nitrogens is 3. The summed E-state index contributed by atoms with van der Waals surface area (Å²) in [7, 11) is 0. The van der Waals surface area contributed by atoms with E-state index in [0.29, 0.717) is 21.7 Å². The van der Waals surface area contributed by atoms with Gasteiger partial charge in [-0.1, -0.05) is 89.6 Å². The number of benzene rings is 3. The molecule has 8 heteroatoms. The van der Waals surface area contributed by atoms with Crippen molar-refractivity contribution < 1.29 is 4.79 Å². The molecule has 0 fully saturated rings. The number of nitrogens with zero attached hydrogens (tertiary/aromatic N) is 3. The highest BCUT2D eigenvalue weighted by Gasteiger charge is 2.38. The van der Waals surface area contributed by atoms with Gasteiger partial charge in [0, 0.05) is 16.3 Å². The van der Waals surface area contributed by atoms with E-state index in [1.807, 2.05) is 78.3 Å². The molecule has 160 valence electrons. The second kappa shape index (κ2) is 8.68. The van der Waals surface area contributed by atoms with E-state index in [4.69, 9.17) is 11.6 Å². The smallest absolute Gasteiger partial charge is 0.240 e. The molecule has 1 aliphatic rings. The molecule has 4 aromatic rings. The van der Waals surface area contributed by atoms with Crippen LogP contribution in [0.4, 0.5) is 5.69 Å². The Morgan fingerprint density at radius 2 is 1.81 bits per heavy atom. The molecule has 0 saturated carbocycles. The predicted octanol–water partition coefficient (Wildman–Crippen LogP) is 5.30. The van der Waals surface area contributed by atoms with Crippen LogP contribution in [0.25, 0.3) is 11.4 Å². The van der Waals surface area contributed by atoms with E-state index in [-0.39, 0.29) is 11.9 Å². The van der Waals surface area contributed by atoms with Gasteiger partial charge in [0.1, 0.15) is 5.25 Å². The topological polar surface area (TPSA) is 71.8 Å². The van der Waals surface area contributed by atoms with Crippen molar-refractivity contribution in [1.82, 2.24) is 14.9 Å². The molecule has 2 N–H and O–H groups in total. The number of carbonyl (C=O) groups excluding carboxylic acids is 1. The van der Waals surface area contributed by atoms with Gasteiger partial charge in [0.2, 0.25) is 11.1 Å². The summed E-state index contributed by atoms with van der Waals surface area (Å²) >= 11 is 7.48. The Morgan fingerprint density at radius 3 is 2.56 bits per heavy atom. The lowest BCUT2D eigenvalue weighted by atomic mass is 10.0. The maximum atomic E-state index is 13.3. The van der Waals surface area contributed by atoms with Crippen LogP contribution in [0.5, 0.6) is 0 Å². The van der Waals surface area contributed by atoms with Crippen LogP contribution in [0.2, 0.25) is 5.02 Å². The van der Waals surface area contributed by atoms with Gasteiger partial charge in [-0.25, -0.2) is 4.68 Å². The molecular formula is C24H20ClN5OS. The predicted molar refractivity (Wildman–Crippen MR) is 128 cm³/mol. The minimum Gasteiger partial charge on any atom is -0.325 e. The van der Waals surface area contributed by atoms with Crippen LogP contribution in [-0.2, 0) is 4.79 Å². The van der Waals surface area contributed by atoms with E-state index in [1.165, 1.54) is 11.8 Å². The average Bonchev–Trinajstić information content (AvgIpc) is 3.22. The first-order chi connectivity index (χ1) is 15.6. The summed E-state index contributed by atoms with van der Waals surface area (Å²) in [6.07, 6.45) is 0. The van der Waals surface area contributed by atoms with Crippen LogP contribution in [0.1, 0.15) is 17.2 Å². The number of anilines is 1. The molecule has 1 aromatic heterocycles. The van der Waals surface area contributed by atoms with Crippen molar-refractivity contribution in [2.24, 2.45) is 0 Å². The maximum absolute atomic E-state index is 13.3. The minimum absolute atomic E-state index is 0.133. The highest BCUT2D eigenvalue weighted by atomic mass is 35.5. The van der Waals surface area contributed by atoms with Gasteiger partial charge in [0.15, 0.2) is 5.82 Å². The fourth-order valence-corrected chi connectivity index (χ4v) is 4.90. The summed E-state index contributed by atoms with van der Waals surface area (Å²) in [5.74, 6) is 0.574. The molecule has 5 rings (SSSR count). The number of rotatable bonds is 4. The van der Waals surface area contributed by atoms with Crippen molar-refractivity contribution in [3.8, 4) is 11.4 Å². The largest absolute Gasteiger partial charge is 0.325 e. The molecule has 1 amide bonds. The molecule has 32 heavy (non-hydrogen) atoms. The summed E-state index contributed by atoms with van der Waals surface area (Å²) in [5, 5.41) is 12.5. The standard InChI is InChI=1S/C24H20ClN5OS/c1-15-10-12-16(13-11-15)20-21(23(31)26-19-9-5-8-18(25)14-19)32-24-28-27-22(30(24)29-20)17-6-3-2-4-7-17/h2-14,20-21,29H,1H3,(H,26,31)/t20-,21+/m1/s1. The molecule has 0 aliphatic carbocycles. The summed E-state index contributed by atoms with van der Waals surface area (Å²) in [6, 6.07) is 24.9. The minimum atomic E-state index is -0.461. The first-order valence-corrected chi connectivity index (χ1v) is 11.4. The third-order valence-electron chi connectivity index (χ3n) is 5.26. The molecule has 2 heterocycles. The lowest BCUT2D eigenvalue weighted by Crippen LogP contribution is -2.41. The quantitative estimate of drug-likeness (QED) is 0.431. The Labute approximate surface area is 195 Å². The van der Waals surface area contributed by atoms with Crippen LogP contribution in [0.3, 0.4) is 0 Å². The lowest BCUT2D eigenvalue weighted by Gasteiger charge is -2.33. The number of aryl methyl sites for hydroxylation is 1. The van der Waals surface area contributed by atoms with Gasteiger partial charge in [-0.2, -0.15) is 0 Å². The monoisotopic (exact) mass is 461 g/mol. The molecule has 0 unspecified atom stereocenters. The van der Waals surface area contributed by atoms with Crippen molar-refractivity contribution in [1.29, 1.82) is 0 Å². The molecule has 0 spiro atoms. The second-order valence-electron chi connectivity index (χ2n) is 7.56. The van der Waals surface area contributed by atoms with E-state index in [1.54, 1.807) is 12.1 Å². The van der Waals surface area contributed by atoms with Crippen LogP contribution < -0.4 is 10.7 Å². The van der Waals surface area contributed by atoms with Crippen LogP contribution in [0.15, 0.2) is 84.0 Å². The van der Waals surface area contributed by atoms with E-state index in [2.05, 4.69) is 20.9 Å². The van der Waals surface area contributed by atoms with Crippen LogP contribution in [-0.4, -0.2) is 26.0 Å². The maximum Gasteiger partial charge on any atom is 0.240 e. The van der Waals surface area contributed by atoms with Crippen LogP contribution in [0, 0.1) is 6.92 Å². The van der Waals surface area contributed by atoms with Gasteiger partial charge in [-0.3, -0.25) is 4.79 Å². The number of thioether (sulfide) groups is 1. The fourth-order valence-electron chi connectivity index (χ4n) is 3.63. The highest BCUT2D eigenvalue weighted by Crippen LogP contribution is 2.39. The summed E-state index contributed by atoms with van der Waals surface area (Å²) < 4.78 is 1.87. The molecule has 0 saturated heterocycles. The summed E-state index contributed by atoms with van der Waals surface area (Å²) in [4.78, 5) is 13.3. The highest BCUT2D eigenvalue weighted by molar-refractivity contribution is 8.00. The third-order valence-corrected chi connectivity index (χ3v) is 6.71. The zero-order chi connectivity index (χ0) is 22.1. The summed E-state index contributed by atoms with van der Waals surface area (Å²) in [5.41, 5.74) is 7.26. The fraction of sp³-hybridized carbons (Fsp3) is 0.125. The van der Waals surface area contributed by atoms with Gasteiger partial charge in [0.25, 0.3) is 0 Å². The average molecular weight is 462 g/mol. The lowest BCUT2D eigenvalue weighted by molar-refractivity contribution is -0.116. The van der Waals surface area contributed by atoms with Gasteiger partial charge in [-0.05, 0) is 30.7 Å². The number of nitrogens with one attached hydrogen (secondary N) is 2. The molecule has 6 nitrogen and oxygen atoms in total. The number of carbonyl (C=O) groups is 1. The molecule has 2 atom stereocenters. The Morgan fingerprint density at radius 1 is 1.03 bits per heavy atom. The Bertz CT molecular complexity index is 1260. The van der Waals surface area contributed by atoms with Crippen LogP contribution >= 0.6 is 23.4 Å². The number of hydrogen-bond donors (Lipinski definition) is 2. The number of hydrogen-bond acceptors (Lipinski definition) is 5. The van der Waals surface area contributed by atoms with E-state index in [9.17, 15) is 4.79 Å². The Hall–Kier alpha value is -3.29. The normalized spacial score (nSPS) is 17.3. The van der Waals surface area contributed by atoms with Crippen molar-refractivity contribution in [2.75, 3.05) is 10.7 Å². The number of halogens is 1. The van der Waals surface area contributed by atoms with Gasteiger partial charge < -0.3 is 10.7 Å². The SMILES string of the molecule is Cc1ccc([C@H]2Nn3c(nnc3-c3ccccc3)S[C@@H]2C(=O)Nc2cccc(Cl)c2)cc1. The first kappa shape index (κ1) is 20.6. The van der Waals surface area contributed by atoms with E-state index < -0.39 is 5.25 Å². The first-order valence-electron chi connectivity index (χ1n) is 10.2. The number of fused-ring (bicyclic) bond motifs is 1.